The van der Waals surface area contributed by atoms with Gasteiger partial charge in [-0.1, -0.05) is 22.0 Å². The van der Waals surface area contributed by atoms with Crippen molar-refractivity contribution in [2.24, 2.45) is 0 Å². The van der Waals surface area contributed by atoms with Gasteiger partial charge in [-0.05, 0) is 17.7 Å². The maximum Gasteiger partial charge on any atom is 0.124 e. The topological polar surface area (TPSA) is 29.5 Å². The molecule has 0 bridgehead atoms. The molecule has 1 N–H and O–H groups in total. The summed E-state index contributed by atoms with van der Waals surface area (Å²) in [7, 11) is 0. The maximum atomic E-state index is 12.9. The fourth-order valence-electron chi connectivity index (χ4n) is 1.77. The van der Waals surface area contributed by atoms with E-state index in [0.29, 0.717) is 17.5 Å². The minimum absolute atomic E-state index is 0.120. The van der Waals surface area contributed by atoms with Gasteiger partial charge in [0.1, 0.15) is 5.82 Å². The fraction of sp³-hybridized carbons (Fsp3) is 0.500. The lowest BCUT2D eigenvalue weighted by Crippen LogP contribution is -2.36. The molecular weight excluding hydrogens is 307 g/mol. The van der Waals surface area contributed by atoms with Gasteiger partial charge in [0, 0.05) is 22.4 Å². The van der Waals surface area contributed by atoms with Gasteiger partial charge in [0.15, 0.2) is 0 Å². The van der Waals surface area contributed by atoms with E-state index >= 15 is 0 Å². The van der Waals surface area contributed by atoms with E-state index in [1.54, 1.807) is 17.8 Å². The zero-order valence-corrected chi connectivity index (χ0v) is 11.6. The SMILES string of the molecule is OC(Cc1ccc(F)cc1Br)C1CSCCO1. The molecule has 5 heteroatoms. The smallest absolute Gasteiger partial charge is 0.124 e. The molecule has 2 nitrogen and oxygen atoms in total. The van der Waals surface area contributed by atoms with Gasteiger partial charge in [0.25, 0.3) is 0 Å². The van der Waals surface area contributed by atoms with Gasteiger partial charge >= 0.3 is 0 Å². The first-order valence-electron chi connectivity index (χ1n) is 5.48. The number of benzene rings is 1. The number of aliphatic hydroxyl groups excluding tert-OH is 1. The van der Waals surface area contributed by atoms with Crippen LogP contribution in [-0.4, -0.2) is 35.4 Å². The average Bonchev–Trinajstić information content (AvgIpc) is 2.34. The van der Waals surface area contributed by atoms with E-state index in [2.05, 4.69) is 15.9 Å². The molecule has 0 spiro atoms. The molecule has 1 saturated heterocycles. The van der Waals surface area contributed by atoms with E-state index < -0.39 is 6.10 Å². The van der Waals surface area contributed by atoms with Crippen molar-refractivity contribution in [2.75, 3.05) is 18.1 Å². The van der Waals surface area contributed by atoms with Crippen molar-refractivity contribution in [3.05, 3.63) is 34.1 Å². The van der Waals surface area contributed by atoms with Crippen LogP contribution in [0.15, 0.2) is 22.7 Å². The van der Waals surface area contributed by atoms with Crippen LogP contribution in [0.4, 0.5) is 4.39 Å². The maximum absolute atomic E-state index is 12.9. The molecule has 2 rings (SSSR count). The van der Waals surface area contributed by atoms with Gasteiger partial charge in [-0.25, -0.2) is 4.39 Å². The van der Waals surface area contributed by atoms with Crippen molar-refractivity contribution < 1.29 is 14.2 Å². The van der Waals surface area contributed by atoms with Crippen LogP contribution in [0, 0.1) is 5.82 Å². The standard InChI is InChI=1S/C12H14BrFO2S/c13-10-6-9(14)2-1-8(10)5-11(15)12-7-17-4-3-16-12/h1-2,6,11-12,15H,3-5,7H2. The Balaban J connectivity index is 1.99. The Morgan fingerprint density at radius 3 is 3.06 bits per heavy atom. The van der Waals surface area contributed by atoms with E-state index in [4.69, 9.17) is 4.74 Å². The molecule has 0 saturated carbocycles. The Hall–Kier alpha value is -0.100. The number of hydrogen-bond acceptors (Lipinski definition) is 3. The van der Waals surface area contributed by atoms with Crippen LogP contribution in [0.25, 0.3) is 0 Å². The number of ether oxygens (including phenoxy) is 1. The Bertz CT molecular complexity index is 383. The number of rotatable bonds is 3. The van der Waals surface area contributed by atoms with Crippen LogP contribution < -0.4 is 0 Å². The summed E-state index contributed by atoms with van der Waals surface area (Å²) < 4.78 is 19.1. The molecule has 1 aromatic carbocycles. The second-order valence-electron chi connectivity index (χ2n) is 3.99. The first kappa shape index (κ1) is 13.3. The normalized spacial score (nSPS) is 22.4. The lowest BCUT2D eigenvalue weighted by Gasteiger charge is -2.27. The van der Waals surface area contributed by atoms with Gasteiger partial charge in [0.2, 0.25) is 0 Å². The summed E-state index contributed by atoms with van der Waals surface area (Å²) in [6.07, 6.45) is -0.179. The number of hydrogen-bond donors (Lipinski definition) is 1. The molecule has 2 unspecified atom stereocenters. The van der Waals surface area contributed by atoms with Crippen molar-refractivity contribution in [2.45, 2.75) is 18.6 Å². The Morgan fingerprint density at radius 2 is 2.41 bits per heavy atom. The Labute approximate surface area is 113 Å². The third-order valence-corrected chi connectivity index (χ3v) is 4.47. The lowest BCUT2D eigenvalue weighted by atomic mass is 10.0. The highest BCUT2D eigenvalue weighted by molar-refractivity contribution is 9.10. The highest BCUT2D eigenvalue weighted by Gasteiger charge is 2.23. The number of thioether (sulfide) groups is 1. The molecule has 2 atom stereocenters. The third-order valence-electron chi connectivity index (χ3n) is 2.72. The second-order valence-corrected chi connectivity index (χ2v) is 6.00. The largest absolute Gasteiger partial charge is 0.390 e. The van der Waals surface area contributed by atoms with Crippen LogP contribution in [-0.2, 0) is 11.2 Å². The first-order chi connectivity index (χ1) is 8.16. The van der Waals surface area contributed by atoms with E-state index in [-0.39, 0.29) is 11.9 Å². The van der Waals surface area contributed by atoms with E-state index in [1.807, 2.05) is 0 Å². The highest BCUT2D eigenvalue weighted by atomic mass is 79.9. The highest BCUT2D eigenvalue weighted by Crippen LogP contribution is 2.23. The second kappa shape index (κ2) is 6.18. The molecule has 0 amide bonds. The molecular formula is C12H14BrFO2S. The van der Waals surface area contributed by atoms with Crippen molar-refractivity contribution in [3.8, 4) is 0 Å². The summed E-state index contributed by atoms with van der Waals surface area (Å²) >= 11 is 5.09. The molecule has 0 aromatic heterocycles. The fourth-order valence-corrected chi connectivity index (χ4v) is 3.22. The third kappa shape index (κ3) is 3.68. The molecule has 1 aromatic rings. The minimum Gasteiger partial charge on any atom is -0.390 e. The summed E-state index contributed by atoms with van der Waals surface area (Å²) in [4.78, 5) is 0. The summed E-state index contributed by atoms with van der Waals surface area (Å²) in [6, 6.07) is 4.51. The van der Waals surface area contributed by atoms with Gasteiger partial charge < -0.3 is 9.84 Å². The Kier molecular flexibility index (Phi) is 4.85. The lowest BCUT2D eigenvalue weighted by molar-refractivity contribution is -0.0208. The van der Waals surface area contributed by atoms with E-state index in [1.165, 1.54) is 12.1 Å². The van der Waals surface area contributed by atoms with Crippen LogP contribution in [0.2, 0.25) is 0 Å². The number of aliphatic hydroxyl groups is 1. The quantitative estimate of drug-likeness (QED) is 0.928. The summed E-state index contributed by atoms with van der Waals surface area (Å²) in [6.45, 7) is 0.691. The zero-order valence-electron chi connectivity index (χ0n) is 9.23. The molecule has 17 heavy (non-hydrogen) atoms. The number of halogens is 2. The predicted octanol–water partition coefficient (Wildman–Crippen LogP) is 2.62. The average molecular weight is 321 g/mol. The molecule has 1 aliphatic heterocycles. The van der Waals surface area contributed by atoms with E-state index in [9.17, 15) is 9.50 Å². The van der Waals surface area contributed by atoms with Gasteiger partial charge in [-0.3, -0.25) is 0 Å². The molecule has 0 aliphatic carbocycles. The van der Waals surface area contributed by atoms with Crippen LogP contribution >= 0.6 is 27.7 Å². The van der Waals surface area contributed by atoms with Crippen molar-refractivity contribution in [3.63, 3.8) is 0 Å². The van der Waals surface area contributed by atoms with Crippen molar-refractivity contribution in [1.82, 2.24) is 0 Å². The van der Waals surface area contributed by atoms with Crippen molar-refractivity contribution >= 4 is 27.7 Å². The summed E-state index contributed by atoms with van der Waals surface area (Å²) in [5.74, 6) is 1.53. The zero-order chi connectivity index (χ0) is 12.3. The first-order valence-corrected chi connectivity index (χ1v) is 7.43. The molecule has 94 valence electrons. The van der Waals surface area contributed by atoms with Gasteiger partial charge in [-0.2, -0.15) is 11.8 Å². The summed E-state index contributed by atoms with van der Waals surface area (Å²) in [5.41, 5.74) is 0.901. The predicted molar refractivity (Wildman–Crippen MR) is 70.9 cm³/mol. The van der Waals surface area contributed by atoms with Crippen LogP contribution in [0.5, 0.6) is 0 Å². The molecule has 1 aliphatic rings. The van der Waals surface area contributed by atoms with Crippen LogP contribution in [0.1, 0.15) is 5.56 Å². The Morgan fingerprint density at radius 1 is 1.59 bits per heavy atom. The molecule has 1 fully saturated rings. The molecule has 0 radical (unpaired) electrons. The van der Waals surface area contributed by atoms with E-state index in [0.717, 1.165) is 17.1 Å². The van der Waals surface area contributed by atoms with Crippen LogP contribution in [0.3, 0.4) is 0 Å². The van der Waals surface area contributed by atoms with Crippen molar-refractivity contribution in [1.29, 1.82) is 0 Å². The minimum atomic E-state index is -0.537. The summed E-state index contributed by atoms with van der Waals surface area (Å²) in [5, 5.41) is 10.1. The van der Waals surface area contributed by atoms with Gasteiger partial charge in [-0.15, -0.1) is 0 Å². The molecule has 1 heterocycles. The monoisotopic (exact) mass is 320 g/mol. The van der Waals surface area contributed by atoms with Gasteiger partial charge in [0.05, 0.1) is 18.8 Å².